The van der Waals surface area contributed by atoms with Gasteiger partial charge >= 0.3 is 6.01 Å². The van der Waals surface area contributed by atoms with Crippen LogP contribution in [0.2, 0.25) is 0 Å². The molecular weight excluding hydrogens is 267 g/mol. The maximum atomic E-state index is 5.28. The number of ether oxygens (including phenoxy) is 1. The largest absolute Gasteiger partial charge is 0.463 e. The van der Waals surface area contributed by atoms with Gasteiger partial charge in [0.05, 0.1) is 6.61 Å². The molecule has 1 rings (SSSR count). The average molecular weight is 278 g/mol. The van der Waals surface area contributed by atoms with Gasteiger partial charge in [-0.25, -0.2) is 9.97 Å². The molecule has 0 aliphatic rings. The fourth-order valence-corrected chi connectivity index (χ4v) is 0.961. The molecule has 0 aromatic carbocycles. The van der Waals surface area contributed by atoms with E-state index in [-0.39, 0.29) is 0 Å². The molecule has 0 fully saturated rings. The van der Waals surface area contributed by atoms with E-state index in [1.165, 1.54) is 0 Å². The molecule has 3 nitrogen and oxygen atoms in total. The van der Waals surface area contributed by atoms with Crippen molar-refractivity contribution >= 4 is 22.6 Å². The van der Waals surface area contributed by atoms with Crippen molar-refractivity contribution in [3.05, 3.63) is 16.0 Å². The minimum absolute atomic E-state index is 0.476. The standard InChI is InChI=1S/C8H11IN2O/c1-2-3-4-12-8-10-5-7(9)6-11-8/h5-6H,2-4H2,1H3. The summed E-state index contributed by atoms with van der Waals surface area (Å²) in [6, 6.07) is 0.476. The number of halogens is 1. The molecule has 0 atom stereocenters. The van der Waals surface area contributed by atoms with Gasteiger partial charge in [0.1, 0.15) is 0 Å². The van der Waals surface area contributed by atoms with Gasteiger partial charge in [-0.2, -0.15) is 0 Å². The molecule has 0 bridgehead atoms. The van der Waals surface area contributed by atoms with Gasteiger partial charge in [0.15, 0.2) is 0 Å². The van der Waals surface area contributed by atoms with Crippen LogP contribution in [0, 0.1) is 3.57 Å². The van der Waals surface area contributed by atoms with Crippen molar-refractivity contribution in [1.29, 1.82) is 0 Å². The fraction of sp³-hybridized carbons (Fsp3) is 0.500. The van der Waals surface area contributed by atoms with Crippen LogP contribution in [-0.2, 0) is 0 Å². The summed E-state index contributed by atoms with van der Waals surface area (Å²) in [6.45, 7) is 2.83. The van der Waals surface area contributed by atoms with Gasteiger partial charge in [-0.1, -0.05) is 13.3 Å². The van der Waals surface area contributed by atoms with E-state index in [9.17, 15) is 0 Å². The van der Waals surface area contributed by atoms with Crippen LogP contribution in [0.4, 0.5) is 0 Å². The lowest BCUT2D eigenvalue weighted by atomic mass is 10.4. The number of aromatic nitrogens is 2. The minimum Gasteiger partial charge on any atom is -0.463 e. The molecule has 0 amide bonds. The van der Waals surface area contributed by atoms with Crippen molar-refractivity contribution in [2.24, 2.45) is 0 Å². The van der Waals surface area contributed by atoms with Crippen molar-refractivity contribution in [3.8, 4) is 6.01 Å². The van der Waals surface area contributed by atoms with Gasteiger partial charge in [-0.05, 0) is 29.0 Å². The summed E-state index contributed by atoms with van der Waals surface area (Å²) in [4.78, 5) is 8.02. The Balaban J connectivity index is 2.37. The molecule has 4 heteroatoms. The third-order valence-electron chi connectivity index (χ3n) is 1.33. The van der Waals surface area contributed by atoms with Gasteiger partial charge < -0.3 is 4.74 Å². The van der Waals surface area contributed by atoms with E-state index in [0.717, 1.165) is 16.4 Å². The Bertz CT molecular complexity index is 225. The third-order valence-corrected chi connectivity index (χ3v) is 1.88. The van der Waals surface area contributed by atoms with Crippen molar-refractivity contribution < 1.29 is 4.74 Å². The Hall–Kier alpha value is -0.390. The minimum atomic E-state index is 0.476. The molecule has 0 aliphatic carbocycles. The molecule has 66 valence electrons. The fourth-order valence-electron chi connectivity index (χ4n) is 0.683. The molecule has 0 unspecified atom stereocenters. The van der Waals surface area contributed by atoms with E-state index < -0.39 is 0 Å². The first-order chi connectivity index (χ1) is 5.83. The van der Waals surface area contributed by atoms with E-state index in [1.54, 1.807) is 12.4 Å². The topological polar surface area (TPSA) is 35.0 Å². The smallest absolute Gasteiger partial charge is 0.316 e. The van der Waals surface area contributed by atoms with E-state index in [0.29, 0.717) is 12.6 Å². The van der Waals surface area contributed by atoms with Crippen LogP contribution in [0.5, 0.6) is 6.01 Å². The first-order valence-electron chi connectivity index (χ1n) is 3.93. The van der Waals surface area contributed by atoms with Crippen molar-refractivity contribution in [2.45, 2.75) is 19.8 Å². The lowest BCUT2D eigenvalue weighted by Crippen LogP contribution is -2.00. The predicted octanol–water partition coefficient (Wildman–Crippen LogP) is 2.26. The average Bonchev–Trinajstić information content (AvgIpc) is 2.09. The second-order valence-corrected chi connectivity index (χ2v) is 3.63. The van der Waals surface area contributed by atoms with Crippen molar-refractivity contribution in [3.63, 3.8) is 0 Å². The van der Waals surface area contributed by atoms with E-state index in [4.69, 9.17) is 4.74 Å². The van der Waals surface area contributed by atoms with Crippen LogP contribution in [0.25, 0.3) is 0 Å². The predicted molar refractivity (Wildman–Crippen MR) is 55.2 cm³/mol. The summed E-state index contributed by atoms with van der Waals surface area (Å²) in [6.07, 6.45) is 5.67. The molecule has 0 spiro atoms. The second-order valence-electron chi connectivity index (χ2n) is 2.39. The lowest BCUT2D eigenvalue weighted by Gasteiger charge is -2.01. The van der Waals surface area contributed by atoms with Gasteiger partial charge in [0, 0.05) is 16.0 Å². The summed E-state index contributed by atoms with van der Waals surface area (Å²) < 4.78 is 6.30. The quantitative estimate of drug-likeness (QED) is 0.626. The number of rotatable bonds is 4. The van der Waals surface area contributed by atoms with Gasteiger partial charge in [0.2, 0.25) is 0 Å². The Morgan fingerprint density at radius 3 is 2.67 bits per heavy atom. The Morgan fingerprint density at radius 2 is 2.08 bits per heavy atom. The Labute approximate surface area is 85.7 Å². The molecule has 12 heavy (non-hydrogen) atoms. The summed E-state index contributed by atoms with van der Waals surface area (Å²) in [5.74, 6) is 0. The zero-order chi connectivity index (χ0) is 8.81. The molecule has 0 aliphatic heterocycles. The van der Waals surface area contributed by atoms with Crippen molar-refractivity contribution in [2.75, 3.05) is 6.61 Å². The van der Waals surface area contributed by atoms with Gasteiger partial charge in [-0.15, -0.1) is 0 Å². The van der Waals surface area contributed by atoms with E-state index >= 15 is 0 Å². The molecule has 0 N–H and O–H groups in total. The number of hydrogen-bond acceptors (Lipinski definition) is 3. The number of unbranched alkanes of at least 4 members (excludes halogenated alkanes) is 1. The van der Waals surface area contributed by atoms with Crippen LogP contribution >= 0.6 is 22.6 Å². The summed E-state index contributed by atoms with van der Waals surface area (Å²) >= 11 is 2.16. The van der Waals surface area contributed by atoms with E-state index in [1.807, 2.05) is 0 Å². The van der Waals surface area contributed by atoms with Crippen LogP contribution in [0.15, 0.2) is 12.4 Å². The van der Waals surface area contributed by atoms with Gasteiger partial charge in [0.25, 0.3) is 0 Å². The molecule has 0 saturated heterocycles. The zero-order valence-corrected chi connectivity index (χ0v) is 9.11. The maximum absolute atomic E-state index is 5.28. The highest BCUT2D eigenvalue weighted by Gasteiger charge is 1.94. The maximum Gasteiger partial charge on any atom is 0.316 e. The second kappa shape index (κ2) is 5.29. The van der Waals surface area contributed by atoms with Crippen LogP contribution in [-0.4, -0.2) is 16.6 Å². The molecule has 0 radical (unpaired) electrons. The van der Waals surface area contributed by atoms with E-state index in [2.05, 4.69) is 39.5 Å². The first kappa shape index (κ1) is 9.70. The number of nitrogens with zero attached hydrogens (tertiary/aromatic N) is 2. The SMILES string of the molecule is CCCCOc1ncc(I)cn1. The van der Waals surface area contributed by atoms with Crippen LogP contribution in [0.3, 0.4) is 0 Å². The summed E-state index contributed by atoms with van der Waals surface area (Å²) in [5.41, 5.74) is 0. The first-order valence-corrected chi connectivity index (χ1v) is 5.01. The van der Waals surface area contributed by atoms with Gasteiger partial charge in [-0.3, -0.25) is 0 Å². The normalized spacial score (nSPS) is 9.83. The summed E-state index contributed by atoms with van der Waals surface area (Å²) in [5, 5.41) is 0. The molecular formula is C8H11IN2O. The zero-order valence-electron chi connectivity index (χ0n) is 6.96. The monoisotopic (exact) mass is 278 g/mol. The van der Waals surface area contributed by atoms with Crippen LogP contribution in [0.1, 0.15) is 19.8 Å². The van der Waals surface area contributed by atoms with Crippen molar-refractivity contribution in [1.82, 2.24) is 9.97 Å². The highest BCUT2D eigenvalue weighted by Crippen LogP contribution is 2.04. The van der Waals surface area contributed by atoms with Crippen LogP contribution < -0.4 is 4.74 Å². The Kier molecular flexibility index (Phi) is 4.27. The summed E-state index contributed by atoms with van der Waals surface area (Å²) in [7, 11) is 0. The molecule has 0 saturated carbocycles. The highest BCUT2D eigenvalue weighted by atomic mass is 127. The molecule has 1 aromatic rings. The molecule has 1 heterocycles. The number of hydrogen-bond donors (Lipinski definition) is 0. The third kappa shape index (κ3) is 3.34. The molecule has 1 aromatic heterocycles. The lowest BCUT2D eigenvalue weighted by molar-refractivity contribution is 0.285. The Morgan fingerprint density at radius 1 is 1.42 bits per heavy atom. The highest BCUT2D eigenvalue weighted by molar-refractivity contribution is 14.1.